The zero-order chi connectivity index (χ0) is 15.5. The van der Waals surface area contributed by atoms with E-state index in [9.17, 15) is 9.18 Å². The standard InChI is InChI=1S/C14H17FN6O/c1-9-16-7-12(19-9)14(22)17-6-11-5-10(15)8-21(11)13-3-2-4-18-20-13/h2-4,7,10-11H,5-6,8H2,1H3,(H,16,19)(H,17,22)/t10-,11-/m0/s1. The lowest BCUT2D eigenvalue weighted by Gasteiger charge is -2.24. The monoisotopic (exact) mass is 304 g/mol. The topological polar surface area (TPSA) is 86.8 Å². The number of hydrogen-bond donors (Lipinski definition) is 2. The van der Waals surface area contributed by atoms with Crippen molar-refractivity contribution in [3.8, 4) is 0 Å². The second kappa shape index (κ2) is 6.08. The molecule has 2 atom stereocenters. The molecule has 0 saturated carbocycles. The maximum Gasteiger partial charge on any atom is 0.269 e. The Kier molecular flexibility index (Phi) is 3.99. The fourth-order valence-corrected chi connectivity index (χ4v) is 2.62. The van der Waals surface area contributed by atoms with Gasteiger partial charge < -0.3 is 15.2 Å². The van der Waals surface area contributed by atoms with Crippen LogP contribution in [0.15, 0.2) is 24.5 Å². The van der Waals surface area contributed by atoms with E-state index in [1.807, 2.05) is 4.90 Å². The highest BCUT2D eigenvalue weighted by Gasteiger charge is 2.33. The second-order valence-corrected chi connectivity index (χ2v) is 5.31. The van der Waals surface area contributed by atoms with Crippen molar-refractivity contribution in [1.29, 1.82) is 0 Å². The van der Waals surface area contributed by atoms with Gasteiger partial charge in [-0.2, -0.15) is 5.10 Å². The number of rotatable bonds is 4. The minimum absolute atomic E-state index is 0.139. The predicted molar refractivity (Wildman–Crippen MR) is 78.3 cm³/mol. The molecular weight excluding hydrogens is 287 g/mol. The van der Waals surface area contributed by atoms with Crippen LogP contribution in [0.4, 0.5) is 10.2 Å². The third-order valence-corrected chi connectivity index (χ3v) is 3.66. The van der Waals surface area contributed by atoms with E-state index in [1.165, 1.54) is 6.20 Å². The van der Waals surface area contributed by atoms with Crippen LogP contribution in [0.3, 0.4) is 0 Å². The summed E-state index contributed by atoms with van der Waals surface area (Å²) in [6.45, 7) is 2.38. The van der Waals surface area contributed by atoms with E-state index in [2.05, 4.69) is 25.5 Å². The Morgan fingerprint density at radius 1 is 1.59 bits per heavy atom. The third kappa shape index (κ3) is 3.05. The van der Waals surface area contributed by atoms with E-state index in [-0.39, 0.29) is 18.5 Å². The molecule has 1 aliphatic heterocycles. The molecule has 2 aromatic rings. The number of H-pyrrole nitrogens is 1. The van der Waals surface area contributed by atoms with E-state index in [1.54, 1.807) is 25.3 Å². The Morgan fingerprint density at radius 3 is 3.14 bits per heavy atom. The smallest absolute Gasteiger partial charge is 0.269 e. The molecule has 1 aliphatic rings. The van der Waals surface area contributed by atoms with Crippen molar-refractivity contribution < 1.29 is 9.18 Å². The number of nitrogens with zero attached hydrogens (tertiary/aromatic N) is 4. The van der Waals surface area contributed by atoms with E-state index in [4.69, 9.17) is 0 Å². The van der Waals surface area contributed by atoms with Gasteiger partial charge in [-0.25, -0.2) is 9.37 Å². The highest BCUT2D eigenvalue weighted by atomic mass is 19.1. The number of aryl methyl sites for hydroxylation is 1. The summed E-state index contributed by atoms with van der Waals surface area (Å²) in [6.07, 6.45) is 2.48. The molecule has 1 saturated heterocycles. The Balaban J connectivity index is 1.64. The van der Waals surface area contributed by atoms with E-state index >= 15 is 0 Å². The number of halogens is 1. The van der Waals surface area contributed by atoms with Gasteiger partial charge in [-0.05, 0) is 19.1 Å². The van der Waals surface area contributed by atoms with Gasteiger partial charge in [0.15, 0.2) is 5.82 Å². The van der Waals surface area contributed by atoms with Crippen LogP contribution in [0.25, 0.3) is 0 Å². The lowest BCUT2D eigenvalue weighted by molar-refractivity contribution is 0.0946. The van der Waals surface area contributed by atoms with Crippen LogP contribution in [-0.2, 0) is 0 Å². The minimum Gasteiger partial charge on any atom is -0.349 e. The highest BCUT2D eigenvalue weighted by Crippen LogP contribution is 2.24. The lowest BCUT2D eigenvalue weighted by atomic mass is 10.2. The first-order chi connectivity index (χ1) is 10.6. The highest BCUT2D eigenvalue weighted by molar-refractivity contribution is 5.92. The average molecular weight is 304 g/mol. The predicted octanol–water partition coefficient (Wildman–Crippen LogP) is 0.855. The summed E-state index contributed by atoms with van der Waals surface area (Å²) in [5.41, 5.74) is 0.401. The van der Waals surface area contributed by atoms with Crippen LogP contribution in [0.2, 0.25) is 0 Å². The zero-order valence-electron chi connectivity index (χ0n) is 12.2. The number of carbonyl (C=O) groups excluding carboxylic acids is 1. The van der Waals surface area contributed by atoms with Crippen LogP contribution in [0.1, 0.15) is 22.7 Å². The van der Waals surface area contributed by atoms with Gasteiger partial charge in [-0.3, -0.25) is 4.79 Å². The van der Waals surface area contributed by atoms with E-state index < -0.39 is 6.17 Å². The van der Waals surface area contributed by atoms with Gasteiger partial charge in [0.1, 0.15) is 17.7 Å². The zero-order valence-corrected chi connectivity index (χ0v) is 12.2. The van der Waals surface area contributed by atoms with Crippen molar-refractivity contribution in [2.75, 3.05) is 18.0 Å². The Morgan fingerprint density at radius 2 is 2.45 bits per heavy atom. The summed E-state index contributed by atoms with van der Waals surface area (Å²) in [6, 6.07) is 3.41. The molecular formula is C14H17FN6O. The van der Waals surface area contributed by atoms with E-state index in [0.29, 0.717) is 30.3 Å². The maximum absolute atomic E-state index is 13.7. The van der Waals surface area contributed by atoms with Gasteiger partial charge in [0.25, 0.3) is 5.91 Å². The van der Waals surface area contributed by atoms with Gasteiger partial charge >= 0.3 is 0 Å². The molecule has 3 heterocycles. The van der Waals surface area contributed by atoms with Crippen LogP contribution in [0, 0.1) is 6.92 Å². The maximum atomic E-state index is 13.7. The quantitative estimate of drug-likeness (QED) is 0.874. The molecule has 0 radical (unpaired) electrons. The molecule has 22 heavy (non-hydrogen) atoms. The molecule has 3 rings (SSSR count). The SMILES string of the molecule is Cc1ncc(C(=O)NC[C@@H]2C[C@H](F)CN2c2cccnn2)[nH]1. The number of imidazole rings is 1. The molecule has 1 amide bonds. The fourth-order valence-electron chi connectivity index (χ4n) is 2.62. The summed E-state index contributed by atoms with van der Waals surface area (Å²) >= 11 is 0. The number of aromatic nitrogens is 4. The number of alkyl halides is 1. The number of anilines is 1. The Bertz CT molecular complexity index is 646. The number of carbonyl (C=O) groups is 1. The van der Waals surface area contributed by atoms with Crippen molar-refractivity contribution in [1.82, 2.24) is 25.5 Å². The van der Waals surface area contributed by atoms with Gasteiger partial charge in [-0.1, -0.05) is 0 Å². The first-order valence-electron chi connectivity index (χ1n) is 7.11. The first kappa shape index (κ1) is 14.4. The summed E-state index contributed by atoms with van der Waals surface area (Å²) in [4.78, 5) is 20.7. The molecule has 1 fully saturated rings. The second-order valence-electron chi connectivity index (χ2n) is 5.31. The number of nitrogens with one attached hydrogen (secondary N) is 2. The molecule has 0 aromatic carbocycles. The Hall–Kier alpha value is -2.51. The fraction of sp³-hybridized carbons (Fsp3) is 0.429. The van der Waals surface area contributed by atoms with Crippen molar-refractivity contribution >= 4 is 11.7 Å². The summed E-state index contributed by atoms with van der Waals surface area (Å²) in [5.74, 6) is 1.05. The normalized spacial score (nSPS) is 21.1. The summed E-state index contributed by atoms with van der Waals surface area (Å²) in [7, 11) is 0. The first-order valence-corrected chi connectivity index (χ1v) is 7.11. The third-order valence-electron chi connectivity index (χ3n) is 3.66. The molecule has 7 nitrogen and oxygen atoms in total. The van der Waals surface area contributed by atoms with Crippen LogP contribution >= 0.6 is 0 Å². The number of hydrogen-bond acceptors (Lipinski definition) is 5. The van der Waals surface area contributed by atoms with Crippen molar-refractivity contribution in [3.05, 3.63) is 36.0 Å². The van der Waals surface area contributed by atoms with Crippen LogP contribution in [0.5, 0.6) is 0 Å². The Labute approximate surface area is 127 Å². The van der Waals surface area contributed by atoms with Crippen molar-refractivity contribution in [2.45, 2.75) is 25.6 Å². The summed E-state index contributed by atoms with van der Waals surface area (Å²) in [5, 5.41) is 10.6. The molecule has 116 valence electrons. The van der Waals surface area contributed by atoms with Gasteiger partial charge in [-0.15, -0.1) is 5.10 Å². The van der Waals surface area contributed by atoms with Gasteiger partial charge in [0, 0.05) is 19.2 Å². The molecule has 0 aliphatic carbocycles. The van der Waals surface area contributed by atoms with Crippen LogP contribution < -0.4 is 10.2 Å². The van der Waals surface area contributed by atoms with E-state index in [0.717, 1.165) is 0 Å². The summed E-state index contributed by atoms with van der Waals surface area (Å²) < 4.78 is 13.7. The molecule has 2 N–H and O–H groups in total. The average Bonchev–Trinajstić information content (AvgIpc) is 3.12. The molecule has 2 aromatic heterocycles. The minimum atomic E-state index is -0.932. The molecule has 0 spiro atoms. The number of amides is 1. The largest absolute Gasteiger partial charge is 0.349 e. The van der Waals surface area contributed by atoms with Crippen molar-refractivity contribution in [3.63, 3.8) is 0 Å². The van der Waals surface area contributed by atoms with Crippen LogP contribution in [-0.4, -0.2) is 51.4 Å². The molecule has 8 heteroatoms. The van der Waals surface area contributed by atoms with Crippen molar-refractivity contribution in [2.24, 2.45) is 0 Å². The number of aromatic amines is 1. The van der Waals surface area contributed by atoms with Gasteiger partial charge in [0.05, 0.1) is 18.8 Å². The molecule has 0 bridgehead atoms. The molecule has 0 unspecified atom stereocenters. The van der Waals surface area contributed by atoms with Gasteiger partial charge in [0.2, 0.25) is 0 Å². The lowest BCUT2D eigenvalue weighted by Crippen LogP contribution is -2.40.